The molecule has 0 bridgehead atoms. The van der Waals surface area contributed by atoms with Crippen molar-refractivity contribution in [1.82, 2.24) is 0 Å². The summed E-state index contributed by atoms with van der Waals surface area (Å²) < 4.78 is 8.76. The van der Waals surface area contributed by atoms with Crippen molar-refractivity contribution in [3.05, 3.63) is 0 Å². The van der Waals surface area contributed by atoms with Crippen LogP contribution in [0.4, 0.5) is 0 Å². The summed E-state index contributed by atoms with van der Waals surface area (Å²) in [5.41, 5.74) is 10.1. The normalized spacial score (nSPS) is 8.50. The van der Waals surface area contributed by atoms with Crippen molar-refractivity contribution in [1.29, 1.82) is 0 Å². The standard InChI is InChI=1S/C4H9N3OS2/c1-2-8-4(9)10-7-3(5)6/h2H2,1H3,(H4,5,6,7). The molecule has 0 heterocycles. The van der Waals surface area contributed by atoms with E-state index < -0.39 is 0 Å². The maximum Gasteiger partial charge on any atom is 0.243 e. The van der Waals surface area contributed by atoms with Gasteiger partial charge in [0, 0.05) is 0 Å². The molecule has 0 saturated heterocycles. The third kappa shape index (κ3) is 5.64. The maximum atomic E-state index is 5.03. The van der Waals surface area contributed by atoms with Crippen LogP contribution in [0.2, 0.25) is 0 Å². The molecule has 0 unspecified atom stereocenters. The molecular weight excluding hydrogens is 170 g/mol. The minimum Gasteiger partial charge on any atom is -0.478 e. The molecule has 6 heteroatoms. The van der Waals surface area contributed by atoms with E-state index in [0.717, 1.165) is 11.9 Å². The molecule has 0 aromatic rings. The first-order chi connectivity index (χ1) is 4.66. The molecule has 0 aromatic carbocycles. The highest BCUT2D eigenvalue weighted by atomic mass is 32.2. The van der Waals surface area contributed by atoms with Crippen molar-refractivity contribution in [3.63, 3.8) is 0 Å². The highest BCUT2D eigenvalue weighted by Crippen LogP contribution is 2.05. The van der Waals surface area contributed by atoms with Crippen LogP contribution in [0.25, 0.3) is 0 Å². The highest BCUT2D eigenvalue weighted by Gasteiger charge is 1.93. The summed E-state index contributed by atoms with van der Waals surface area (Å²) >= 11 is 5.65. The molecule has 0 aliphatic rings. The topological polar surface area (TPSA) is 73.6 Å². The van der Waals surface area contributed by atoms with Crippen molar-refractivity contribution in [3.8, 4) is 0 Å². The third-order valence-electron chi connectivity index (χ3n) is 0.488. The second kappa shape index (κ2) is 5.31. The molecule has 0 atom stereocenters. The molecule has 0 aliphatic carbocycles. The highest BCUT2D eigenvalue weighted by molar-refractivity contribution is 8.21. The van der Waals surface area contributed by atoms with Crippen molar-refractivity contribution in [2.45, 2.75) is 6.92 Å². The van der Waals surface area contributed by atoms with Gasteiger partial charge in [-0.15, -0.1) is 0 Å². The molecule has 0 radical (unpaired) electrons. The fourth-order valence-electron chi connectivity index (χ4n) is 0.234. The number of nitrogens with two attached hydrogens (primary N) is 2. The summed E-state index contributed by atoms with van der Waals surface area (Å²) in [6.45, 7) is 2.37. The summed E-state index contributed by atoms with van der Waals surface area (Å²) in [6.07, 6.45) is 0. The van der Waals surface area contributed by atoms with E-state index in [1.54, 1.807) is 0 Å². The average Bonchev–Trinajstić information content (AvgIpc) is 1.85. The molecular formula is C4H9N3OS2. The lowest BCUT2D eigenvalue weighted by atomic mass is 10.9. The van der Waals surface area contributed by atoms with E-state index in [-0.39, 0.29) is 5.96 Å². The number of rotatable bonds is 2. The fourth-order valence-corrected chi connectivity index (χ4v) is 0.814. The van der Waals surface area contributed by atoms with Gasteiger partial charge in [-0.25, -0.2) is 0 Å². The molecule has 0 rings (SSSR count). The van der Waals surface area contributed by atoms with E-state index in [1.165, 1.54) is 0 Å². The Labute approximate surface area is 69.1 Å². The van der Waals surface area contributed by atoms with Gasteiger partial charge in [-0.05, 0) is 19.1 Å². The van der Waals surface area contributed by atoms with Crippen molar-refractivity contribution in [2.75, 3.05) is 6.61 Å². The van der Waals surface area contributed by atoms with E-state index in [2.05, 4.69) is 4.40 Å². The summed E-state index contributed by atoms with van der Waals surface area (Å²) in [7, 11) is 0. The van der Waals surface area contributed by atoms with E-state index in [4.69, 9.17) is 28.4 Å². The Morgan fingerprint density at radius 2 is 2.30 bits per heavy atom. The minimum atomic E-state index is -0.00736. The van der Waals surface area contributed by atoms with Gasteiger partial charge in [-0.2, -0.15) is 4.40 Å². The molecule has 0 saturated carbocycles. The number of hydrogen-bond donors (Lipinski definition) is 2. The summed E-state index contributed by atoms with van der Waals surface area (Å²) in [5, 5.41) is 0. The van der Waals surface area contributed by atoms with Crippen LogP contribution in [0.15, 0.2) is 4.40 Å². The predicted octanol–water partition coefficient (Wildman–Crippen LogP) is 0.229. The fraction of sp³-hybridized carbons (Fsp3) is 0.500. The Hall–Kier alpha value is -0.490. The van der Waals surface area contributed by atoms with E-state index >= 15 is 0 Å². The van der Waals surface area contributed by atoms with Gasteiger partial charge in [-0.3, -0.25) is 0 Å². The van der Waals surface area contributed by atoms with Crippen molar-refractivity contribution < 1.29 is 4.74 Å². The first kappa shape index (κ1) is 9.51. The number of nitrogens with zero attached hydrogens (tertiary/aromatic N) is 1. The zero-order valence-corrected chi connectivity index (χ0v) is 7.17. The van der Waals surface area contributed by atoms with Crippen molar-refractivity contribution >= 4 is 34.5 Å². The molecule has 10 heavy (non-hydrogen) atoms. The molecule has 0 aliphatic heterocycles. The van der Waals surface area contributed by atoms with Gasteiger partial charge in [0.05, 0.1) is 18.6 Å². The molecule has 0 amide bonds. The Balaban J connectivity index is 3.49. The monoisotopic (exact) mass is 179 g/mol. The van der Waals surface area contributed by atoms with E-state index in [1.807, 2.05) is 6.92 Å². The molecule has 0 spiro atoms. The number of hydrogen-bond acceptors (Lipinski definition) is 4. The van der Waals surface area contributed by atoms with Gasteiger partial charge in [0.25, 0.3) is 0 Å². The largest absolute Gasteiger partial charge is 0.478 e. The van der Waals surface area contributed by atoms with Gasteiger partial charge in [0.2, 0.25) is 4.38 Å². The summed E-state index contributed by atoms with van der Waals surface area (Å²) in [6, 6.07) is 0. The van der Waals surface area contributed by atoms with Gasteiger partial charge >= 0.3 is 0 Å². The van der Waals surface area contributed by atoms with Crippen LogP contribution in [0.1, 0.15) is 6.92 Å². The van der Waals surface area contributed by atoms with Crippen molar-refractivity contribution in [2.24, 2.45) is 15.9 Å². The maximum absolute atomic E-state index is 5.03. The van der Waals surface area contributed by atoms with Crippen LogP contribution in [0.5, 0.6) is 0 Å². The smallest absolute Gasteiger partial charge is 0.243 e. The van der Waals surface area contributed by atoms with Gasteiger partial charge < -0.3 is 16.2 Å². The van der Waals surface area contributed by atoms with Crippen LogP contribution in [0.3, 0.4) is 0 Å². The van der Waals surface area contributed by atoms with Gasteiger partial charge in [0.15, 0.2) is 5.96 Å². The van der Waals surface area contributed by atoms with E-state index in [9.17, 15) is 0 Å². The third-order valence-corrected chi connectivity index (χ3v) is 1.40. The lowest BCUT2D eigenvalue weighted by molar-refractivity contribution is 0.346. The summed E-state index contributed by atoms with van der Waals surface area (Å²) in [5.74, 6) is -0.00736. The van der Waals surface area contributed by atoms with Crippen LogP contribution < -0.4 is 11.5 Å². The Morgan fingerprint density at radius 3 is 2.70 bits per heavy atom. The average molecular weight is 179 g/mol. The lowest BCUT2D eigenvalue weighted by Gasteiger charge is -1.98. The second-order valence-electron chi connectivity index (χ2n) is 1.29. The zero-order valence-electron chi connectivity index (χ0n) is 5.53. The quantitative estimate of drug-likeness (QED) is 0.275. The van der Waals surface area contributed by atoms with E-state index in [0.29, 0.717) is 11.0 Å². The Kier molecular flexibility index (Phi) is 5.05. The predicted molar refractivity (Wildman–Crippen MR) is 47.6 cm³/mol. The van der Waals surface area contributed by atoms with Crippen LogP contribution in [-0.2, 0) is 4.74 Å². The van der Waals surface area contributed by atoms with Gasteiger partial charge in [0.1, 0.15) is 0 Å². The molecule has 4 nitrogen and oxygen atoms in total. The first-order valence-corrected chi connectivity index (χ1v) is 3.77. The van der Waals surface area contributed by atoms with Crippen LogP contribution in [-0.4, -0.2) is 16.9 Å². The van der Waals surface area contributed by atoms with Crippen LogP contribution in [0, 0.1) is 0 Å². The number of ether oxygens (including phenoxy) is 1. The SMILES string of the molecule is CCOC(=S)SN=C(N)N. The summed E-state index contributed by atoms with van der Waals surface area (Å²) in [4.78, 5) is 0. The second-order valence-corrected chi connectivity index (χ2v) is 2.66. The lowest BCUT2D eigenvalue weighted by Crippen LogP contribution is -2.21. The molecule has 58 valence electrons. The molecule has 0 fully saturated rings. The zero-order chi connectivity index (χ0) is 7.98. The Morgan fingerprint density at radius 1 is 1.70 bits per heavy atom. The number of guanidine groups is 1. The molecule has 0 aromatic heterocycles. The van der Waals surface area contributed by atoms with Crippen LogP contribution >= 0.6 is 24.2 Å². The van der Waals surface area contributed by atoms with Gasteiger partial charge in [-0.1, -0.05) is 0 Å². The minimum absolute atomic E-state index is 0.00736. The Bertz CT molecular complexity index is 143. The number of thiocarbonyl (C=S) groups is 1. The first-order valence-electron chi connectivity index (χ1n) is 2.59. The molecule has 4 N–H and O–H groups in total.